The number of benzene rings is 1. The Hall–Kier alpha value is -1.15. The average molecular weight is 257 g/mol. The van der Waals surface area contributed by atoms with E-state index in [0.29, 0.717) is 12.2 Å². The van der Waals surface area contributed by atoms with Crippen LogP contribution in [0, 0.1) is 19.8 Å². The number of aryl methyl sites for hydroxylation is 2. The molecule has 2 atom stereocenters. The minimum absolute atomic E-state index is 0.301. The molecule has 2 unspecified atom stereocenters. The summed E-state index contributed by atoms with van der Waals surface area (Å²) in [6, 6.07) is 6.93. The number of nitrogens with zero attached hydrogens (tertiary/aromatic N) is 1. The van der Waals surface area contributed by atoms with Crippen molar-refractivity contribution in [1.29, 1.82) is 0 Å². The first-order valence-electron chi connectivity index (χ1n) is 7.47. The molecule has 19 heavy (non-hydrogen) atoms. The van der Waals surface area contributed by atoms with Crippen LogP contribution in [0.1, 0.15) is 47.2 Å². The van der Waals surface area contributed by atoms with Crippen LogP contribution in [-0.2, 0) is 0 Å². The zero-order valence-electron chi connectivity index (χ0n) is 12.0. The van der Waals surface area contributed by atoms with Gasteiger partial charge in [0.1, 0.15) is 0 Å². The molecule has 1 aliphatic heterocycles. The maximum Gasteiger partial charge on any atom is 0.164 e. The van der Waals surface area contributed by atoms with Crippen molar-refractivity contribution in [1.82, 2.24) is 4.90 Å². The molecule has 1 saturated heterocycles. The monoisotopic (exact) mass is 257 g/mol. The minimum atomic E-state index is 0.301. The van der Waals surface area contributed by atoms with Crippen LogP contribution in [0.25, 0.3) is 0 Å². The van der Waals surface area contributed by atoms with E-state index in [-0.39, 0.29) is 0 Å². The number of ketones is 1. The Bertz CT molecular complexity index is 474. The summed E-state index contributed by atoms with van der Waals surface area (Å²) in [5.74, 6) is 1.22. The van der Waals surface area contributed by atoms with Crippen molar-refractivity contribution in [2.75, 3.05) is 13.1 Å². The third-order valence-corrected chi connectivity index (χ3v) is 4.69. The van der Waals surface area contributed by atoms with Gasteiger partial charge in [-0.15, -0.1) is 0 Å². The van der Waals surface area contributed by atoms with Crippen molar-refractivity contribution in [3.05, 3.63) is 34.9 Å². The lowest BCUT2D eigenvalue weighted by Gasteiger charge is -2.26. The molecule has 0 radical (unpaired) electrons. The number of rotatable bonds is 4. The molecule has 3 rings (SSSR count). The van der Waals surface area contributed by atoms with Crippen LogP contribution in [0.5, 0.6) is 0 Å². The lowest BCUT2D eigenvalue weighted by Crippen LogP contribution is -2.33. The fourth-order valence-electron chi connectivity index (χ4n) is 3.83. The molecule has 1 aliphatic carbocycles. The van der Waals surface area contributed by atoms with Crippen LogP contribution in [0.3, 0.4) is 0 Å². The number of fused-ring (bicyclic) bond motifs is 2. The molecule has 0 N–H and O–H groups in total. The van der Waals surface area contributed by atoms with Gasteiger partial charge in [-0.25, -0.2) is 0 Å². The maximum absolute atomic E-state index is 12.3. The van der Waals surface area contributed by atoms with Crippen LogP contribution >= 0.6 is 0 Å². The number of carbonyl (C=O) groups is 1. The van der Waals surface area contributed by atoms with Crippen LogP contribution in [0.2, 0.25) is 0 Å². The smallest absolute Gasteiger partial charge is 0.164 e. The molecule has 0 amide bonds. The molecule has 1 saturated carbocycles. The predicted molar refractivity (Wildman–Crippen MR) is 77.6 cm³/mol. The van der Waals surface area contributed by atoms with E-state index in [4.69, 9.17) is 0 Å². The molecule has 102 valence electrons. The number of hydrogen-bond acceptors (Lipinski definition) is 2. The molecule has 2 heteroatoms. The van der Waals surface area contributed by atoms with Gasteiger partial charge in [0.15, 0.2) is 5.78 Å². The largest absolute Gasteiger partial charge is 0.300 e. The quantitative estimate of drug-likeness (QED) is 0.771. The average Bonchev–Trinajstić information content (AvgIpc) is 2.96. The van der Waals surface area contributed by atoms with Crippen molar-refractivity contribution >= 4 is 5.78 Å². The molecule has 1 heterocycles. The van der Waals surface area contributed by atoms with E-state index >= 15 is 0 Å². The predicted octanol–water partition coefficient (Wildman–Crippen LogP) is 3.36. The highest BCUT2D eigenvalue weighted by atomic mass is 16.1. The van der Waals surface area contributed by atoms with Crippen molar-refractivity contribution in [2.24, 2.45) is 5.92 Å². The Labute approximate surface area is 115 Å². The summed E-state index contributed by atoms with van der Waals surface area (Å²) in [4.78, 5) is 14.8. The second-order valence-electron chi connectivity index (χ2n) is 6.38. The molecule has 2 fully saturated rings. The Morgan fingerprint density at radius 3 is 2.53 bits per heavy atom. The second kappa shape index (κ2) is 5.09. The zero-order valence-corrected chi connectivity index (χ0v) is 12.0. The molecule has 2 nitrogen and oxygen atoms in total. The summed E-state index contributed by atoms with van der Waals surface area (Å²) in [6.07, 6.45) is 4.80. The van der Waals surface area contributed by atoms with Gasteiger partial charge in [-0.3, -0.25) is 9.69 Å². The minimum Gasteiger partial charge on any atom is -0.300 e. The van der Waals surface area contributed by atoms with Gasteiger partial charge in [0.25, 0.3) is 0 Å². The summed E-state index contributed by atoms with van der Waals surface area (Å²) in [7, 11) is 0. The Morgan fingerprint density at radius 2 is 1.95 bits per heavy atom. The summed E-state index contributed by atoms with van der Waals surface area (Å²) in [6.45, 7) is 6.30. The number of carbonyl (C=O) groups excluding carboxylic acids is 1. The zero-order chi connectivity index (χ0) is 13.4. The van der Waals surface area contributed by atoms with Crippen molar-refractivity contribution in [2.45, 2.75) is 45.6 Å². The molecular weight excluding hydrogens is 234 g/mol. The fraction of sp³-hybridized carbons (Fsp3) is 0.588. The standard InChI is InChI=1S/C17H23NO/c1-12-7-13(2)9-15(8-12)17(19)5-6-18-11-14-3-4-16(18)10-14/h7-9,14,16H,3-6,10-11H2,1-2H3. The van der Waals surface area contributed by atoms with Gasteiger partial charge < -0.3 is 0 Å². The number of hydrogen-bond donors (Lipinski definition) is 0. The summed E-state index contributed by atoms with van der Waals surface area (Å²) >= 11 is 0. The Kier molecular flexibility index (Phi) is 3.44. The van der Waals surface area contributed by atoms with Gasteiger partial charge in [0, 0.05) is 31.1 Å². The maximum atomic E-state index is 12.3. The van der Waals surface area contributed by atoms with Crippen molar-refractivity contribution in [3.63, 3.8) is 0 Å². The lowest BCUT2D eigenvalue weighted by atomic mass is 10.0. The highest BCUT2D eigenvalue weighted by molar-refractivity contribution is 5.96. The first-order chi connectivity index (χ1) is 9.11. The molecule has 2 aliphatic rings. The first-order valence-corrected chi connectivity index (χ1v) is 7.47. The Balaban J connectivity index is 1.59. The van der Waals surface area contributed by atoms with Crippen LogP contribution < -0.4 is 0 Å². The molecule has 0 aromatic heterocycles. The molecule has 2 bridgehead atoms. The lowest BCUT2D eigenvalue weighted by molar-refractivity contribution is 0.0954. The van der Waals surface area contributed by atoms with Crippen LogP contribution in [-0.4, -0.2) is 29.8 Å². The first kappa shape index (κ1) is 12.9. The number of Topliss-reactive ketones (excluding diaryl/α,β-unsaturated/α-hetero) is 1. The molecule has 1 aromatic carbocycles. The second-order valence-corrected chi connectivity index (χ2v) is 6.38. The Morgan fingerprint density at radius 1 is 1.21 bits per heavy atom. The van der Waals surface area contributed by atoms with E-state index in [1.54, 1.807) is 0 Å². The third-order valence-electron chi connectivity index (χ3n) is 4.69. The highest BCUT2D eigenvalue weighted by Crippen LogP contribution is 2.37. The number of piperidine rings is 1. The summed E-state index contributed by atoms with van der Waals surface area (Å²) in [5.41, 5.74) is 3.26. The van der Waals surface area contributed by atoms with Gasteiger partial charge >= 0.3 is 0 Å². The van der Waals surface area contributed by atoms with Crippen molar-refractivity contribution in [3.8, 4) is 0 Å². The molecule has 1 aromatic rings. The van der Waals surface area contributed by atoms with Crippen LogP contribution in [0.4, 0.5) is 0 Å². The summed E-state index contributed by atoms with van der Waals surface area (Å²) < 4.78 is 0. The van der Waals surface area contributed by atoms with E-state index in [1.807, 2.05) is 12.1 Å². The van der Waals surface area contributed by atoms with E-state index < -0.39 is 0 Å². The molecular formula is C17H23NO. The van der Waals surface area contributed by atoms with E-state index in [0.717, 1.165) is 24.1 Å². The van der Waals surface area contributed by atoms with Gasteiger partial charge in [0.2, 0.25) is 0 Å². The fourth-order valence-corrected chi connectivity index (χ4v) is 3.83. The topological polar surface area (TPSA) is 20.3 Å². The highest BCUT2D eigenvalue weighted by Gasteiger charge is 2.37. The van der Waals surface area contributed by atoms with E-state index in [9.17, 15) is 4.79 Å². The SMILES string of the molecule is Cc1cc(C)cc(C(=O)CCN2CC3CCC2C3)c1. The van der Waals surface area contributed by atoms with Gasteiger partial charge in [-0.05, 0) is 51.2 Å². The van der Waals surface area contributed by atoms with Crippen molar-refractivity contribution < 1.29 is 4.79 Å². The van der Waals surface area contributed by atoms with E-state index in [1.165, 1.54) is 36.9 Å². The number of likely N-dealkylation sites (tertiary alicyclic amines) is 1. The van der Waals surface area contributed by atoms with E-state index in [2.05, 4.69) is 24.8 Å². The third kappa shape index (κ3) is 2.74. The van der Waals surface area contributed by atoms with Crippen LogP contribution in [0.15, 0.2) is 18.2 Å². The van der Waals surface area contributed by atoms with Gasteiger partial charge in [-0.1, -0.05) is 17.2 Å². The van der Waals surface area contributed by atoms with Gasteiger partial charge in [0.05, 0.1) is 0 Å². The normalized spacial score (nSPS) is 26.0. The molecule has 0 spiro atoms. The van der Waals surface area contributed by atoms with Gasteiger partial charge in [-0.2, -0.15) is 0 Å². The summed E-state index contributed by atoms with van der Waals surface area (Å²) in [5, 5.41) is 0.